The Morgan fingerprint density at radius 3 is 3.12 bits per heavy atom. The lowest BCUT2D eigenvalue weighted by Gasteiger charge is -1.90. The molecule has 6 heteroatoms. The lowest BCUT2D eigenvalue weighted by atomic mass is 10.2. The molecular weight excluding hydrogens is 236 g/mol. The van der Waals surface area contributed by atoms with Crippen LogP contribution in [0.25, 0.3) is 10.7 Å². The summed E-state index contributed by atoms with van der Waals surface area (Å²) in [6, 6.07) is 3.96. The third-order valence-corrected chi connectivity index (χ3v) is 3.26. The molecule has 0 aromatic carbocycles. The lowest BCUT2D eigenvalue weighted by molar-refractivity contribution is 0.379. The zero-order valence-corrected chi connectivity index (χ0v) is 9.78. The minimum absolute atomic E-state index is 0.662. The summed E-state index contributed by atoms with van der Waals surface area (Å²) in [4.78, 5) is 5.39. The van der Waals surface area contributed by atoms with Crippen LogP contribution in [0.1, 0.15) is 11.5 Å². The van der Waals surface area contributed by atoms with E-state index in [1.807, 2.05) is 23.7 Å². The second-order valence-electron chi connectivity index (χ2n) is 3.60. The third-order valence-electron chi connectivity index (χ3n) is 2.39. The highest BCUT2D eigenvalue weighted by molar-refractivity contribution is 7.13. The van der Waals surface area contributed by atoms with Crippen molar-refractivity contribution in [1.29, 1.82) is 0 Å². The summed E-state index contributed by atoms with van der Waals surface area (Å²) in [7, 11) is 0. The highest BCUT2D eigenvalue weighted by atomic mass is 32.1. The van der Waals surface area contributed by atoms with Gasteiger partial charge in [-0.2, -0.15) is 10.1 Å². The Morgan fingerprint density at radius 2 is 2.35 bits per heavy atom. The second kappa shape index (κ2) is 4.50. The number of thiophene rings is 1. The molecule has 0 saturated heterocycles. The fraction of sp³-hybridized carbons (Fsp3) is 0.182. The summed E-state index contributed by atoms with van der Waals surface area (Å²) in [5.74, 6) is 1.33. The molecule has 0 fully saturated rings. The highest BCUT2D eigenvalue weighted by Crippen LogP contribution is 2.21. The predicted octanol–water partition coefficient (Wildman–Crippen LogP) is 2.31. The van der Waals surface area contributed by atoms with E-state index in [-0.39, 0.29) is 0 Å². The Kier molecular flexibility index (Phi) is 2.71. The maximum Gasteiger partial charge on any atom is 0.227 e. The third kappa shape index (κ3) is 2.26. The molecule has 3 aromatic rings. The smallest absolute Gasteiger partial charge is 0.227 e. The van der Waals surface area contributed by atoms with Crippen molar-refractivity contribution in [2.24, 2.45) is 0 Å². The van der Waals surface area contributed by atoms with Crippen LogP contribution < -0.4 is 0 Å². The van der Waals surface area contributed by atoms with Gasteiger partial charge in [0.25, 0.3) is 0 Å². The average Bonchev–Trinajstić information content (AvgIpc) is 3.09. The molecule has 5 nitrogen and oxygen atoms in total. The molecule has 17 heavy (non-hydrogen) atoms. The van der Waals surface area contributed by atoms with Crippen LogP contribution in [0.3, 0.4) is 0 Å². The van der Waals surface area contributed by atoms with Gasteiger partial charge in [-0.3, -0.25) is 5.10 Å². The van der Waals surface area contributed by atoms with Crippen LogP contribution in [0.5, 0.6) is 0 Å². The number of aryl methyl sites for hydroxylation is 2. The second-order valence-corrected chi connectivity index (χ2v) is 4.54. The first-order chi connectivity index (χ1) is 8.42. The van der Waals surface area contributed by atoms with Crippen molar-refractivity contribution in [2.45, 2.75) is 12.8 Å². The molecule has 3 heterocycles. The molecule has 0 bridgehead atoms. The Bertz CT molecular complexity index is 570. The van der Waals surface area contributed by atoms with E-state index in [9.17, 15) is 0 Å². The Balaban J connectivity index is 1.69. The van der Waals surface area contributed by atoms with Gasteiger partial charge in [0.2, 0.25) is 11.7 Å². The summed E-state index contributed by atoms with van der Waals surface area (Å²) in [6.45, 7) is 0. The van der Waals surface area contributed by atoms with Crippen LogP contribution in [0, 0.1) is 0 Å². The minimum atomic E-state index is 0.662. The molecule has 3 aromatic heterocycles. The van der Waals surface area contributed by atoms with Crippen molar-refractivity contribution in [1.82, 2.24) is 20.3 Å². The number of hydrogen-bond donors (Lipinski definition) is 1. The Morgan fingerprint density at radius 1 is 1.35 bits per heavy atom. The van der Waals surface area contributed by atoms with Gasteiger partial charge in [0.05, 0.1) is 11.1 Å². The molecule has 1 N–H and O–H groups in total. The van der Waals surface area contributed by atoms with Gasteiger partial charge in [0.15, 0.2) is 0 Å². The average molecular weight is 246 g/mol. The van der Waals surface area contributed by atoms with Crippen LogP contribution in [0.4, 0.5) is 0 Å². The van der Waals surface area contributed by atoms with E-state index in [0.717, 1.165) is 23.3 Å². The quantitative estimate of drug-likeness (QED) is 0.767. The zero-order chi connectivity index (χ0) is 11.5. The molecule has 0 radical (unpaired) electrons. The van der Waals surface area contributed by atoms with Crippen LogP contribution >= 0.6 is 11.3 Å². The first-order valence-electron chi connectivity index (χ1n) is 5.26. The number of H-pyrrole nitrogens is 1. The van der Waals surface area contributed by atoms with E-state index in [1.165, 1.54) is 0 Å². The van der Waals surface area contributed by atoms with E-state index >= 15 is 0 Å². The Labute approximate surface area is 101 Å². The van der Waals surface area contributed by atoms with Crippen molar-refractivity contribution in [2.75, 3.05) is 0 Å². The van der Waals surface area contributed by atoms with Gasteiger partial charge in [-0.1, -0.05) is 11.2 Å². The molecular formula is C11H10N4OS. The van der Waals surface area contributed by atoms with Gasteiger partial charge in [-0.25, -0.2) is 0 Å². The van der Waals surface area contributed by atoms with Gasteiger partial charge < -0.3 is 4.52 Å². The van der Waals surface area contributed by atoms with E-state index in [4.69, 9.17) is 4.52 Å². The maximum absolute atomic E-state index is 5.20. The first kappa shape index (κ1) is 10.2. The van der Waals surface area contributed by atoms with Crippen molar-refractivity contribution < 1.29 is 4.52 Å². The molecule has 0 aliphatic carbocycles. The van der Waals surface area contributed by atoms with E-state index in [0.29, 0.717) is 11.7 Å². The monoisotopic (exact) mass is 246 g/mol. The van der Waals surface area contributed by atoms with E-state index in [2.05, 4.69) is 20.3 Å². The number of nitrogens with one attached hydrogen (secondary N) is 1. The van der Waals surface area contributed by atoms with Crippen LogP contribution in [-0.2, 0) is 12.8 Å². The molecule has 0 aliphatic heterocycles. The topological polar surface area (TPSA) is 67.6 Å². The largest absolute Gasteiger partial charge is 0.339 e. The summed E-state index contributed by atoms with van der Waals surface area (Å²) in [6.07, 6.45) is 5.26. The van der Waals surface area contributed by atoms with Gasteiger partial charge in [0.1, 0.15) is 0 Å². The summed E-state index contributed by atoms with van der Waals surface area (Å²) < 4.78 is 5.20. The number of rotatable bonds is 4. The van der Waals surface area contributed by atoms with Crippen molar-refractivity contribution >= 4 is 11.3 Å². The predicted molar refractivity (Wildman–Crippen MR) is 63.6 cm³/mol. The molecule has 86 valence electrons. The van der Waals surface area contributed by atoms with E-state index in [1.54, 1.807) is 17.5 Å². The number of nitrogens with zero attached hydrogens (tertiary/aromatic N) is 3. The van der Waals surface area contributed by atoms with Crippen LogP contribution in [0.2, 0.25) is 0 Å². The molecule has 0 aliphatic rings. The first-order valence-corrected chi connectivity index (χ1v) is 6.14. The lowest BCUT2D eigenvalue weighted by Crippen LogP contribution is -1.89. The SMILES string of the molecule is c1csc(-c2noc(CCc3cn[nH]c3)n2)c1. The molecule has 0 atom stereocenters. The number of aromatic nitrogens is 4. The maximum atomic E-state index is 5.20. The summed E-state index contributed by atoms with van der Waals surface area (Å²) in [5.41, 5.74) is 1.14. The molecule has 3 rings (SSSR count). The molecule has 0 saturated carbocycles. The molecule has 0 unspecified atom stereocenters. The van der Waals surface area contributed by atoms with Crippen molar-refractivity contribution in [3.05, 3.63) is 41.4 Å². The fourth-order valence-electron chi connectivity index (χ4n) is 1.53. The normalized spacial score (nSPS) is 10.8. The minimum Gasteiger partial charge on any atom is -0.339 e. The van der Waals surface area contributed by atoms with Crippen molar-refractivity contribution in [3.8, 4) is 10.7 Å². The van der Waals surface area contributed by atoms with Gasteiger partial charge in [0, 0.05) is 12.6 Å². The van der Waals surface area contributed by atoms with Crippen molar-refractivity contribution in [3.63, 3.8) is 0 Å². The van der Waals surface area contributed by atoms with Crippen LogP contribution in [0.15, 0.2) is 34.4 Å². The summed E-state index contributed by atoms with van der Waals surface area (Å²) >= 11 is 1.61. The van der Waals surface area contributed by atoms with E-state index < -0.39 is 0 Å². The van der Waals surface area contributed by atoms with Gasteiger partial charge >= 0.3 is 0 Å². The highest BCUT2D eigenvalue weighted by Gasteiger charge is 2.09. The molecule has 0 spiro atoms. The zero-order valence-electron chi connectivity index (χ0n) is 8.96. The summed E-state index contributed by atoms with van der Waals surface area (Å²) in [5, 5.41) is 12.6. The number of aromatic amines is 1. The Hall–Kier alpha value is -1.95. The van der Waals surface area contributed by atoms with Gasteiger partial charge in [-0.15, -0.1) is 11.3 Å². The standard InChI is InChI=1S/C11H10N4OS/c1-2-9(17-5-1)11-14-10(16-15-11)4-3-8-6-12-13-7-8/h1-2,5-7H,3-4H2,(H,12,13). The van der Waals surface area contributed by atoms with Gasteiger partial charge in [-0.05, 0) is 23.4 Å². The molecule has 0 amide bonds. The number of hydrogen-bond acceptors (Lipinski definition) is 5. The van der Waals surface area contributed by atoms with Crippen LogP contribution in [-0.4, -0.2) is 20.3 Å². The fourth-order valence-corrected chi connectivity index (χ4v) is 2.18.